The van der Waals surface area contributed by atoms with Crippen molar-refractivity contribution in [2.24, 2.45) is 0 Å². The monoisotopic (exact) mass is 437 g/mol. The van der Waals surface area contributed by atoms with Crippen molar-refractivity contribution >= 4 is 23.1 Å². The molecular formula is C27H27N5O. The summed E-state index contributed by atoms with van der Waals surface area (Å²) in [7, 11) is 2.02. The summed E-state index contributed by atoms with van der Waals surface area (Å²) >= 11 is 0. The largest absolute Gasteiger partial charge is 0.500 e. The zero-order valence-corrected chi connectivity index (χ0v) is 18.8. The van der Waals surface area contributed by atoms with Gasteiger partial charge in [-0.3, -0.25) is 0 Å². The molecule has 0 spiro atoms. The summed E-state index contributed by atoms with van der Waals surface area (Å²) in [5, 5.41) is 3.33. The van der Waals surface area contributed by atoms with Gasteiger partial charge in [0.1, 0.15) is 18.2 Å². The number of benzene rings is 2. The van der Waals surface area contributed by atoms with Crippen molar-refractivity contribution in [3.05, 3.63) is 102 Å². The topological polar surface area (TPSA) is 54.6 Å². The van der Waals surface area contributed by atoms with E-state index >= 15 is 0 Å². The number of fused-ring (bicyclic) bond motifs is 1. The Morgan fingerprint density at radius 2 is 2.00 bits per heavy atom. The lowest BCUT2D eigenvalue weighted by atomic mass is 9.97. The third-order valence-corrected chi connectivity index (χ3v) is 5.69. The summed E-state index contributed by atoms with van der Waals surface area (Å²) < 4.78 is 5.67. The third-order valence-electron chi connectivity index (χ3n) is 5.69. The smallest absolute Gasteiger partial charge is 0.229 e. The second-order valence-electron chi connectivity index (χ2n) is 7.92. The molecule has 1 aromatic heterocycles. The summed E-state index contributed by atoms with van der Waals surface area (Å²) in [6.07, 6.45) is 5.47. The molecule has 166 valence electrons. The lowest BCUT2D eigenvalue weighted by Crippen LogP contribution is -2.21. The van der Waals surface area contributed by atoms with Gasteiger partial charge in [0.05, 0.1) is 12.3 Å². The minimum Gasteiger partial charge on any atom is -0.500 e. The van der Waals surface area contributed by atoms with Crippen molar-refractivity contribution in [1.82, 2.24) is 9.97 Å². The molecule has 1 N–H and O–H groups in total. The Kier molecular flexibility index (Phi) is 6.70. The van der Waals surface area contributed by atoms with Gasteiger partial charge in [-0.2, -0.15) is 4.98 Å². The Bertz CT molecular complexity index is 1200. The molecule has 0 bridgehead atoms. The molecule has 3 aromatic rings. The van der Waals surface area contributed by atoms with E-state index in [1.807, 2.05) is 25.3 Å². The van der Waals surface area contributed by atoms with Gasteiger partial charge in [0.25, 0.3) is 0 Å². The molecular weight excluding hydrogens is 410 g/mol. The second kappa shape index (κ2) is 10.0. The fraction of sp³-hybridized carbons (Fsp3) is 0.222. The highest BCUT2D eigenvalue weighted by Crippen LogP contribution is 2.41. The van der Waals surface area contributed by atoms with E-state index < -0.39 is 0 Å². The maximum absolute atomic E-state index is 7.37. The van der Waals surface area contributed by atoms with Crippen molar-refractivity contribution in [3.8, 4) is 5.75 Å². The number of aromatic nitrogens is 2. The Labute approximate surface area is 195 Å². The number of hydrogen-bond donors (Lipinski definition) is 1. The molecule has 0 saturated carbocycles. The lowest BCUT2D eigenvalue weighted by Gasteiger charge is -2.21. The van der Waals surface area contributed by atoms with Crippen LogP contribution in [0.2, 0.25) is 0 Å². The first-order chi connectivity index (χ1) is 16.1. The van der Waals surface area contributed by atoms with E-state index in [1.165, 1.54) is 11.1 Å². The van der Waals surface area contributed by atoms with Crippen LogP contribution in [0.15, 0.2) is 73.8 Å². The maximum atomic E-state index is 7.37. The molecule has 6 nitrogen and oxygen atoms in total. The molecule has 0 saturated heterocycles. The van der Waals surface area contributed by atoms with Gasteiger partial charge in [-0.05, 0) is 30.5 Å². The zero-order chi connectivity index (χ0) is 23.2. The van der Waals surface area contributed by atoms with Crippen LogP contribution in [0.5, 0.6) is 5.75 Å². The fourth-order valence-electron chi connectivity index (χ4n) is 4.18. The Balaban J connectivity index is 1.73. The van der Waals surface area contributed by atoms with Crippen LogP contribution in [-0.4, -0.2) is 30.2 Å². The Morgan fingerprint density at radius 1 is 1.18 bits per heavy atom. The quantitative estimate of drug-likeness (QED) is 0.327. The van der Waals surface area contributed by atoms with Crippen LogP contribution in [0.4, 0.5) is 23.1 Å². The van der Waals surface area contributed by atoms with E-state index in [0.717, 1.165) is 30.0 Å². The van der Waals surface area contributed by atoms with E-state index in [2.05, 4.69) is 52.5 Å². The molecule has 6 heteroatoms. The second-order valence-corrected chi connectivity index (χ2v) is 7.92. The number of likely N-dealkylation sites (N-methyl/N-ethyl adjacent to an activating group) is 1. The van der Waals surface area contributed by atoms with E-state index in [-0.39, 0.29) is 5.92 Å². The molecule has 0 radical (unpaired) electrons. The Hall–Kier alpha value is -4.11. The highest BCUT2D eigenvalue weighted by molar-refractivity contribution is 5.68. The SMILES string of the molecule is [C-]#[N+]c1ccc(Nc2nc3c(c(N(C)CC=C)n2)CCC3c2ccccc2)cc1OCC=C. The van der Waals surface area contributed by atoms with Gasteiger partial charge in [-0.1, -0.05) is 55.1 Å². The van der Waals surface area contributed by atoms with Crippen LogP contribution in [0.3, 0.4) is 0 Å². The van der Waals surface area contributed by atoms with Crippen molar-refractivity contribution in [3.63, 3.8) is 0 Å². The molecule has 1 heterocycles. The summed E-state index contributed by atoms with van der Waals surface area (Å²) in [5.41, 5.74) is 4.73. The van der Waals surface area contributed by atoms with Gasteiger partial charge in [0, 0.05) is 30.8 Å². The van der Waals surface area contributed by atoms with Gasteiger partial charge in [-0.25, -0.2) is 9.83 Å². The number of hydrogen-bond acceptors (Lipinski definition) is 5. The number of nitrogens with zero attached hydrogens (tertiary/aromatic N) is 4. The average molecular weight is 438 g/mol. The van der Waals surface area contributed by atoms with Gasteiger partial charge >= 0.3 is 0 Å². The molecule has 2 aromatic carbocycles. The third kappa shape index (κ3) is 4.73. The van der Waals surface area contributed by atoms with Gasteiger partial charge < -0.3 is 15.0 Å². The maximum Gasteiger partial charge on any atom is 0.229 e. The summed E-state index contributed by atoms with van der Waals surface area (Å²) in [6.45, 7) is 16.0. The van der Waals surface area contributed by atoms with E-state index in [1.54, 1.807) is 18.2 Å². The molecule has 33 heavy (non-hydrogen) atoms. The van der Waals surface area contributed by atoms with E-state index in [9.17, 15) is 0 Å². The lowest BCUT2D eigenvalue weighted by molar-refractivity contribution is 0.366. The van der Waals surface area contributed by atoms with Gasteiger partial charge in [-0.15, -0.1) is 6.58 Å². The minimum atomic E-state index is 0.233. The number of rotatable bonds is 9. The number of ether oxygens (including phenoxy) is 1. The molecule has 0 amide bonds. The highest BCUT2D eigenvalue weighted by Gasteiger charge is 2.30. The Morgan fingerprint density at radius 3 is 2.73 bits per heavy atom. The summed E-state index contributed by atoms with van der Waals surface area (Å²) in [5.74, 6) is 2.17. The molecule has 1 atom stereocenters. The number of nitrogens with one attached hydrogen (secondary N) is 1. The summed E-state index contributed by atoms with van der Waals surface area (Å²) in [4.78, 5) is 15.5. The van der Waals surface area contributed by atoms with Crippen molar-refractivity contribution in [2.45, 2.75) is 18.8 Å². The first-order valence-electron chi connectivity index (χ1n) is 10.9. The van der Waals surface area contributed by atoms with E-state index in [0.29, 0.717) is 30.5 Å². The molecule has 1 aliphatic carbocycles. The summed E-state index contributed by atoms with van der Waals surface area (Å²) in [6, 6.07) is 15.9. The zero-order valence-electron chi connectivity index (χ0n) is 18.8. The van der Waals surface area contributed by atoms with Crippen molar-refractivity contribution < 1.29 is 4.74 Å². The minimum absolute atomic E-state index is 0.233. The predicted molar refractivity (Wildman–Crippen MR) is 134 cm³/mol. The average Bonchev–Trinajstić information content (AvgIpc) is 3.27. The molecule has 0 aliphatic heterocycles. The highest BCUT2D eigenvalue weighted by atomic mass is 16.5. The number of anilines is 3. The molecule has 1 unspecified atom stereocenters. The fourth-order valence-corrected chi connectivity index (χ4v) is 4.18. The van der Waals surface area contributed by atoms with Crippen LogP contribution >= 0.6 is 0 Å². The van der Waals surface area contributed by atoms with Crippen LogP contribution < -0.4 is 15.0 Å². The normalized spacial score (nSPS) is 14.1. The molecule has 0 fully saturated rings. The van der Waals surface area contributed by atoms with Crippen LogP contribution in [0.25, 0.3) is 4.85 Å². The van der Waals surface area contributed by atoms with Crippen molar-refractivity contribution in [2.75, 3.05) is 30.4 Å². The van der Waals surface area contributed by atoms with Crippen molar-refractivity contribution in [1.29, 1.82) is 0 Å². The molecule has 4 rings (SSSR count). The van der Waals surface area contributed by atoms with Gasteiger partial charge in [0.15, 0.2) is 0 Å². The van der Waals surface area contributed by atoms with Crippen LogP contribution in [0, 0.1) is 6.57 Å². The first-order valence-corrected chi connectivity index (χ1v) is 10.9. The molecule has 1 aliphatic rings. The van der Waals surface area contributed by atoms with Crippen LogP contribution in [-0.2, 0) is 6.42 Å². The first kappa shape index (κ1) is 22.1. The standard InChI is InChI=1S/C27H27N5O/c1-5-16-32(4)26-22-14-13-21(19-10-8-7-9-11-19)25(22)30-27(31-26)29-20-12-15-23(28-3)24(18-20)33-17-6-2/h5-12,15,18,21H,1-2,13-14,16-17H2,4H3,(H,29,30,31). The predicted octanol–water partition coefficient (Wildman–Crippen LogP) is 6.04. The van der Waals surface area contributed by atoms with E-state index in [4.69, 9.17) is 21.3 Å². The van der Waals surface area contributed by atoms with Gasteiger partial charge in [0.2, 0.25) is 11.6 Å². The van der Waals surface area contributed by atoms with Crippen LogP contribution in [0.1, 0.15) is 29.2 Å².